The van der Waals surface area contributed by atoms with E-state index in [4.69, 9.17) is 14.5 Å². The van der Waals surface area contributed by atoms with Crippen molar-refractivity contribution in [3.8, 4) is 0 Å². The molecule has 6 heteroatoms. The average molecular weight is 343 g/mol. The molecule has 0 aromatic rings. The smallest absolute Gasteiger partial charge is 0.191 e. The number of guanidine groups is 1. The summed E-state index contributed by atoms with van der Waals surface area (Å²) in [6.07, 6.45) is 1.28. The Bertz CT molecular complexity index is 342. The maximum atomic E-state index is 5.57. The zero-order valence-corrected chi connectivity index (χ0v) is 16.3. The van der Waals surface area contributed by atoms with Gasteiger partial charge in [0.25, 0.3) is 0 Å². The second-order valence-electron chi connectivity index (χ2n) is 6.88. The van der Waals surface area contributed by atoms with Crippen molar-refractivity contribution < 1.29 is 9.47 Å². The molecule has 1 unspecified atom stereocenters. The van der Waals surface area contributed by atoms with E-state index >= 15 is 0 Å². The van der Waals surface area contributed by atoms with Crippen LogP contribution in [0.4, 0.5) is 0 Å². The normalized spacial score (nSPS) is 18.2. The zero-order chi connectivity index (χ0) is 17.8. The number of hydrogen-bond acceptors (Lipinski definition) is 4. The number of ether oxygens (including phenoxy) is 2. The Hall–Kier alpha value is -0.850. The van der Waals surface area contributed by atoms with Crippen LogP contribution in [0, 0.1) is 5.92 Å². The van der Waals surface area contributed by atoms with Crippen molar-refractivity contribution in [2.75, 3.05) is 52.5 Å². The molecule has 0 aliphatic carbocycles. The molecule has 142 valence electrons. The van der Waals surface area contributed by atoms with Crippen LogP contribution in [0.1, 0.15) is 41.0 Å². The van der Waals surface area contributed by atoms with Crippen LogP contribution >= 0.6 is 0 Å². The largest absolute Gasteiger partial charge is 0.379 e. The summed E-state index contributed by atoms with van der Waals surface area (Å²) in [5.41, 5.74) is 0. The Morgan fingerprint density at radius 2 is 1.88 bits per heavy atom. The molecule has 1 atom stereocenters. The van der Waals surface area contributed by atoms with Crippen molar-refractivity contribution in [3.05, 3.63) is 0 Å². The average Bonchev–Trinajstić information content (AvgIpc) is 2.55. The van der Waals surface area contributed by atoms with Crippen molar-refractivity contribution in [1.29, 1.82) is 0 Å². The lowest BCUT2D eigenvalue weighted by Gasteiger charge is -2.36. The molecule has 1 saturated heterocycles. The van der Waals surface area contributed by atoms with Gasteiger partial charge < -0.3 is 20.1 Å². The molecule has 1 rings (SSSR count). The standard InChI is InChI=1S/C18H38N4O2/c1-6-19-18(20-8-7-11-24-16(4)5)21-14-17(15(2)3)22-9-12-23-13-10-22/h15-17H,6-14H2,1-5H3,(H2,19,20,21). The van der Waals surface area contributed by atoms with Gasteiger partial charge in [-0.05, 0) is 33.1 Å². The van der Waals surface area contributed by atoms with Crippen molar-refractivity contribution in [3.63, 3.8) is 0 Å². The van der Waals surface area contributed by atoms with Crippen LogP contribution in [0.3, 0.4) is 0 Å². The first-order chi connectivity index (χ1) is 11.5. The molecule has 0 saturated carbocycles. The third-order valence-corrected chi connectivity index (χ3v) is 4.13. The van der Waals surface area contributed by atoms with E-state index in [-0.39, 0.29) is 0 Å². The third kappa shape index (κ3) is 8.85. The minimum absolute atomic E-state index is 0.298. The van der Waals surface area contributed by atoms with E-state index in [1.807, 2.05) is 0 Å². The van der Waals surface area contributed by atoms with Gasteiger partial charge in [-0.3, -0.25) is 9.89 Å². The third-order valence-electron chi connectivity index (χ3n) is 4.13. The highest BCUT2D eigenvalue weighted by atomic mass is 16.5. The predicted octanol–water partition coefficient (Wildman–Crippen LogP) is 1.71. The van der Waals surface area contributed by atoms with Crippen molar-refractivity contribution in [2.24, 2.45) is 10.9 Å². The van der Waals surface area contributed by atoms with Gasteiger partial charge in [-0.2, -0.15) is 0 Å². The fraction of sp³-hybridized carbons (Fsp3) is 0.944. The molecule has 1 aliphatic heterocycles. The number of aliphatic imine (C=N–C) groups is 1. The molecule has 6 nitrogen and oxygen atoms in total. The van der Waals surface area contributed by atoms with Gasteiger partial charge >= 0.3 is 0 Å². The minimum Gasteiger partial charge on any atom is -0.379 e. The molecule has 0 aromatic heterocycles. The lowest BCUT2D eigenvalue weighted by Crippen LogP contribution is -2.48. The molecule has 1 heterocycles. The molecule has 24 heavy (non-hydrogen) atoms. The molecule has 1 fully saturated rings. The number of morpholine rings is 1. The van der Waals surface area contributed by atoms with Gasteiger partial charge in [-0.15, -0.1) is 0 Å². The highest BCUT2D eigenvalue weighted by Gasteiger charge is 2.23. The number of nitrogens with one attached hydrogen (secondary N) is 2. The Morgan fingerprint density at radius 1 is 1.17 bits per heavy atom. The predicted molar refractivity (Wildman–Crippen MR) is 101 cm³/mol. The summed E-state index contributed by atoms with van der Waals surface area (Å²) >= 11 is 0. The number of nitrogens with zero attached hydrogens (tertiary/aromatic N) is 2. The molecular weight excluding hydrogens is 304 g/mol. The van der Waals surface area contributed by atoms with E-state index in [1.54, 1.807) is 0 Å². The summed E-state index contributed by atoms with van der Waals surface area (Å²) in [6.45, 7) is 17.8. The minimum atomic E-state index is 0.298. The molecular formula is C18H38N4O2. The first-order valence-corrected chi connectivity index (χ1v) is 9.50. The molecule has 0 bridgehead atoms. The second-order valence-corrected chi connectivity index (χ2v) is 6.88. The molecule has 0 radical (unpaired) electrons. The molecule has 2 N–H and O–H groups in total. The van der Waals surface area contributed by atoms with E-state index in [0.717, 1.165) is 64.9 Å². The van der Waals surface area contributed by atoms with Crippen molar-refractivity contribution >= 4 is 5.96 Å². The van der Waals surface area contributed by atoms with Crippen LogP contribution in [0.25, 0.3) is 0 Å². The molecule has 1 aliphatic rings. The molecule has 0 amide bonds. The quantitative estimate of drug-likeness (QED) is 0.360. The van der Waals surface area contributed by atoms with Crippen LogP contribution in [0.15, 0.2) is 4.99 Å². The fourth-order valence-corrected chi connectivity index (χ4v) is 2.78. The Labute approximate surface area is 148 Å². The van der Waals surface area contributed by atoms with Gasteiger partial charge in [0.05, 0.1) is 25.9 Å². The van der Waals surface area contributed by atoms with Gasteiger partial charge in [0.1, 0.15) is 0 Å². The maximum absolute atomic E-state index is 5.57. The Kier molecular flexibility index (Phi) is 11.0. The topological polar surface area (TPSA) is 58.1 Å². The number of hydrogen-bond donors (Lipinski definition) is 2. The van der Waals surface area contributed by atoms with E-state index in [9.17, 15) is 0 Å². The summed E-state index contributed by atoms with van der Waals surface area (Å²) < 4.78 is 11.0. The van der Waals surface area contributed by atoms with Crippen LogP contribution in [-0.2, 0) is 9.47 Å². The highest BCUT2D eigenvalue weighted by molar-refractivity contribution is 5.79. The van der Waals surface area contributed by atoms with Crippen molar-refractivity contribution in [2.45, 2.75) is 53.2 Å². The SMILES string of the molecule is CCNC(=NCC(C(C)C)N1CCOCC1)NCCCOC(C)C. The summed E-state index contributed by atoms with van der Waals surface area (Å²) in [7, 11) is 0. The van der Waals surface area contributed by atoms with Gasteiger partial charge in [-0.1, -0.05) is 13.8 Å². The van der Waals surface area contributed by atoms with Gasteiger partial charge in [0, 0.05) is 38.8 Å². The van der Waals surface area contributed by atoms with Crippen LogP contribution in [0.2, 0.25) is 0 Å². The van der Waals surface area contributed by atoms with E-state index < -0.39 is 0 Å². The van der Waals surface area contributed by atoms with Gasteiger partial charge in [0.2, 0.25) is 0 Å². The van der Waals surface area contributed by atoms with E-state index in [0.29, 0.717) is 18.1 Å². The summed E-state index contributed by atoms with van der Waals surface area (Å²) in [5.74, 6) is 1.48. The van der Waals surface area contributed by atoms with Gasteiger partial charge in [-0.25, -0.2) is 0 Å². The molecule has 0 aromatic carbocycles. The Balaban J connectivity index is 2.45. The van der Waals surface area contributed by atoms with Crippen LogP contribution in [0.5, 0.6) is 0 Å². The fourth-order valence-electron chi connectivity index (χ4n) is 2.78. The second kappa shape index (κ2) is 12.5. The number of rotatable bonds is 10. The summed E-state index contributed by atoms with van der Waals surface area (Å²) in [5, 5.41) is 6.74. The summed E-state index contributed by atoms with van der Waals surface area (Å²) in [4.78, 5) is 7.33. The lowest BCUT2D eigenvalue weighted by atomic mass is 10.0. The van der Waals surface area contributed by atoms with Crippen LogP contribution in [-0.4, -0.2) is 75.5 Å². The highest BCUT2D eigenvalue weighted by Crippen LogP contribution is 2.13. The van der Waals surface area contributed by atoms with E-state index in [1.165, 1.54) is 0 Å². The van der Waals surface area contributed by atoms with E-state index in [2.05, 4.69) is 50.2 Å². The first-order valence-electron chi connectivity index (χ1n) is 9.50. The van der Waals surface area contributed by atoms with Crippen LogP contribution < -0.4 is 10.6 Å². The van der Waals surface area contributed by atoms with Gasteiger partial charge in [0.15, 0.2) is 5.96 Å². The monoisotopic (exact) mass is 342 g/mol. The van der Waals surface area contributed by atoms with Crippen molar-refractivity contribution in [1.82, 2.24) is 15.5 Å². The zero-order valence-electron chi connectivity index (χ0n) is 16.3. The first kappa shape index (κ1) is 21.2. The Morgan fingerprint density at radius 3 is 2.46 bits per heavy atom. The molecule has 0 spiro atoms. The lowest BCUT2D eigenvalue weighted by molar-refractivity contribution is 0.00867. The maximum Gasteiger partial charge on any atom is 0.191 e. The summed E-state index contributed by atoms with van der Waals surface area (Å²) in [6, 6.07) is 0.466.